The first-order valence-electron chi connectivity index (χ1n) is 7.40. The number of carbonyl (C=O) groups is 2. The number of thiophene rings is 1. The second kappa shape index (κ2) is 8.45. The van der Waals surface area contributed by atoms with Crippen LogP contribution in [0.5, 0.6) is 0 Å². The van der Waals surface area contributed by atoms with Crippen LogP contribution < -0.4 is 10.6 Å². The first-order chi connectivity index (χ1) is 11.1. The fraction of sp³-hybridized carbons (Fsp3) is 0.294. The molecule has 0 aliphatic heterocycles. The fourth-order valence-electron chi connectivity index (χ4n) is 2.07. The smallest absolute Gasteiger partial charge is 0.261 e. The summed E-state index contributed by atoms with van der Waals surface area (Å²) in [7, 11) is 0. The molecule has 2 unspecified atom stereocenters. The van der Waals surface area contributed by atoms with Crippen molar-refractivity contribution < 1.29 is 14.7 Å². The minimum atomic E-state index is -0.665. The Bertz CT molecular complexity index is 629. The zero-order chi connectivity index (χ0) is 16.7. The van der Waals surface area contributed by atoms with Gasteiger partial charge in [0.05, 0.1) is 11.0 Å². The Morgan fingerprint density at radius 1 is 1.17 bits per heavy atom. The SMILES string of the molecule is CC(NC(=O)c1cccs1)C(=O)NCC(O)Cc1ccccc1. The zero-order valence-corrected chi connectivity index (χ0v) is 13.7. The summed E-state index contributed by atoms with van der Waals surface area (Å²) in [6.07, 6.45) is -0.196. The molecule has 3 N–H and O–H groups in total. The number of carbonyl (C=O) groups excluding carboxylic acids is 2. The van der Waals surface area contributed by atoms with Crippen molar-refractivity contribution >= 4 is 23.2 Å². The van der Waals surface area contributed by atoms with E-state index in [1.807, 2.05) is 30.3 Å². The van der Waals surface area contributed by atoms with Crippen LogP contribution in [0, 0.1) is 0 Å². The molecule has 2 rings (SSSR count). The molecule has 0 spiro atoms. The highest BCUT2D eigenvalue weighted by molar-refractivity contribution is 7.12. The average Bonchev–Trinajstić information content (AvgIpc) is 3.08. The quantitative estimate of drug-likeness (QED) is 0.720. The van der Waals surface area contributed by atoms with E-state index in [4.69, 9.17) is 0 Å². The number of nitrogens with one attached hydrogen (secondary N) is 2. The third-order valence-corrected chi connectivity index (χ3v) is 4.18. The van der Waals surface area contributed by atoms with Crippen LogP contribution >= 0.6 is 11.3 Å². The monoisotopic (exact) mass is 332 g/mol. The highest BCUT2D eigenvalue weighted by Crippen LogP contribution is 2.08. The largest absolute Gasteiger partial charge is 0.391 e. The Balaban J connectivity index is 1.74. The molecular formula is C17H20N2O3S. The van der Waals surface area contributed by atoms with E-state index >= 15 is 0 Å². The van der Waals surface area contributed by atoms with Gasteiger partial charge in [0.25, 0.3) is 5.91 Å². The molecule has 0 aliphatic rings. The molecule has 5 nitrogen and oxygen atoms in total. The van der Waals surface area contributed by atoms with Gasteiger partial charge in [-0.15, -0.1) is 11.3 Å². The van der Waals surface area contributed by atoms with E-state index in [1.54, 1.807) is 24.4 Å². The van der Waals surface area contributed by atoms with Gasteiger partial charge in [0.15, 0.2) is 0 Å². The van der Waals surface area contributed by atoms with Gasteiger partial charge < -0.3 is 15.7 Å². The maximum absolute atomic E-state index is 12.0. The molecule has 1 aromatic heterocycles. The number of benzene rings is 1. The maximum atomic E-state index is 12.0. The number of rotatable bonds is 7. The Morgan fingerprint density at radius 3 is 2.57 bits per heavy atom. The van der Waals surface area contributed by atoms with Crippen molar-refractivity contribution in [2.45, 2.75) is 25.5 Å². The lowest BCUT2D eigenvalue weighted by Crippen LogP contribution is -2.46. The molecule has 2 atom stereocenters. The van der Waals surface area contributed by atoms with Crippen molar-refractivity contribution in [3.63, 3.8) is 0 Å². The summed E-state index contributed by atoms with van der Waals surface area (Å²) in [5.41, 5.74) is 1.01. The second-order valence-corrected chi connectivity index (χ2v) is 6.21. The molecule has 1 aromatic carbocycles. The standard InChI is InChI=1S/C17H20N2O3S/c1-12(19-17(22)15-8-5-9-23-15)16(21)18-11-14(20)10-13-6-3-2-4-7-13/h2-9,12,14,20H,10-11H2,1H3,(H,18,21)(H,19,22). The summed E-state index contributed by atoms with van der Waals surface area (Å²) in [5, 5.41) is 17.1. The van der Waals surface area contributed by atoms with Gasteiger partial charge in [-0.2, -0.15) is 0 Å². The van der Waals surface area contributed by atoms with E-state index in [1.165, 1.54) is 11.3 Å². The number of hydrogen-bond acceptors (Lipinski definition) is 4. The molecule has 122 valence electrons. The van der Waals surface area contributed by atoms with Gasteiger partial charge in [0.2, 0.25) is 5.91 Å². The molecule has 2 amide bonds. The summed E-state index contributed by atoms with van der Waals surface area (Å²) in [6, 6.07) is 12.4. The van der Waals surface area contributed by atoms with E-state index in [0.717, 1.165) is 5.56 Å². The zero-order valence-electron chi connectivity index (χ0n) is 12.9. The molecule has 0 radical (unpaired) electrons. The van der Waals surface area contributed by atoms with Crippen molar-refractivity contribution in [3.05, 3.63) is 58.3 Å². The number of amides is 2. The first kappa shape index (κ1) is 17.2. The van der Waals surface area contributed by atoms with Crippen LogP contribution in [-0.2, 0) is 11.2 Å². The predicted octanol–water partition coefficient (Wildman–Crippen LogP) is 1.59. The second-order valence-electron chi connectivity index (χ2n) is 5.26. The van der Waals surface area contributed by atoms with Crippen LogP contribution in [0.1, 0.15) is 22.2 Å². The summed E-state index contributed by atoms with van der Waals surface area (Å²) >= 11 is 1.32. The number of hydrogen-bond donors (Lipinski definition) is 3. The molecule has 0 saturated heterocycles. The third-order valence-electron chi connectivity index (χ3n) is 3.31. The number of aliphatic hydroxyl groups is 1. The van der Waals surface area contributed by atoms with E-state index in [9.17, 15) is 14.7 Å². The van der Waals surface area contributed by atoms with Gasteiger partial charge in [-0.05, 0) is 23.9 Å². The van der Waals surface area contributed by atoms with Crippen LogP contribution in [-0.4, -0.2) is 35.6 Å². The lowest BCUT2D eigenvalue weighted by Gasteiger charge is -2.16. The highest BCUT2D eigenvalue weighted by Gasteiger charge is 2.17. The Labute approximate surface area is 139 Å². The van der Waals surface area contributed by atoms with Crippen LogP contribution in [0.3, 0.4) is 0 Å². The van der Waals surface area contributed by atoms with Crippen LogP contribution in [0.25, 0.3) is 0 Å². The van der Waals surface area contributed by atoms with Gasteiger partial charge in [-0.25, -0.2) is 0 Å². The van der Waals surface area contributed by atoms with Crippen LogP contribution in [0.4, 0.5) is 0 Å². The summed E-state index contributed by atoms with van der Waals surface area (Å²) in [5.74, 6) is -0.588. The highest BCUT2D eigenvalue weighted by atomic mass is 32.1. The molecule has 0 bridgehead atoms. The predicted molar refractivity (Wildman–Crippen MR) is 90.4 cm³/mol. The van der Waals surface area contributed by atoms with Gasteiger partial charge >= 0.3 is 0 Å². The lowest BCUT2D eigenvalue weighted by atomic mass is 10.1. The molecule has 2 aromatic rings. The van der Waals surface area contributed by atoms with Gasteiger partial charge in [-0.3, -0.25) is 9.59 Å². The topological polar surface area (TPSA) is 78.4 Å². The molecule has 6 heteroatoms. The average molecular weight is 332 g/mol. The van der Waals surface area contributed by atoms with E-state index in [2.05, 4.69) is 10.6 Å². The maximum Gasteiger partial charge on any atom is 0.261 e. The van der Waals surface area contributed by atoms with E-state index in [0.29, 0.717) is 11.3 Å². The summed E-state index contributed by atoms with van der Waals surface area (Å²) in [4.78, 5) is 24.4. The summed E-state index contributed by atoms with van der Waals surface area (Å²) in [6.45, 7) is 1.76. The van der Waals surface area contributed by atoms with Gasteiger partial charge in [0.1, 0.15) is 6.04 Å². The summed E-state index contributed by atoms with van der Waals surface area (Å²) < 4.78 is 0. The Morgan fingerprint density at radius 2 is 1.91 bits per heavy atom. The van der Waals surface area contributed by atoms with Crippen LogP contribution in [0.2, 0.25) is 0 Å². The van der Waals surface area contributed by atoms with Crippen molar-refractivity contribution in [2.75, 3.05) is 6.54 Å². The van der Waals surface area contributed by atoms with Crippen molar-refractivity contribution in [1.29, 1.82) is 0 Å². The Kier molecular flexibility index (Phi) is 6.31. The van der Waals surface area contributed by atoms with Crippen molar-refractivity contribution in [3.8, 4) is 0 Å². The molecule has 0 aliphatic carbocycles. The minimum Gasteiger partial charge on any atom is -0.391 e. The van der Waals surface area contributed by atoms with Crippen LogP contribution in [0.15, 0.2) is 47.8 Å². The van der Waals surface area contributed by atoms with E-state index < -0.39 is 12.1 Å². The van der Waals surface area contributed by atoms with Gasteiger partial charge in [-0.1, -0.05) is 36.4 Å². The molecular weight excluding hydrogens is 312 g/mol. The third kappa shape index (κ3) is 5.50. The van der Waals surface area contributed by atoms with Crippen molar-refractivity contribution in [1.82, 2.24) is 10.6 Å². The fourth-order valence-corrected chi connectivity index (χ4v) is 2.70. The normalized spacial score (nSPS) is 13.1. The first-order valence-corrected chi connectivity index (χ1v) is 8.28. The molecule has 0 saturated carbocycles. The molecule has 0 fully saturated rings. The van der Waals surface area contributed by atoms with Crippen molar-refractivity contribution in [2.24, 2.45) is 0 Å². The Hall–Kier alpha value is -2.18. The minimum absolute atomic E-state index is 0.146. The molecule has 1 heterocycles. The number of aliphatic hydroxyl groups excluding tert-OH is 1. The van der Waals surface area contributed by atoms with E-state index in [-0.39, 0.29) is 18.4 Å². The lowest BCUT2D eigenvalue weighted by molar-refractivity contribution is -0.123. The molecule has 23 heavy (non-hydrogen) atoms. The van der Waals surface area contributed by atoms with Gasteiger partial charge in [0, 0.05) is 13.0 Å².